The van der Waals surface area contributed by atoms with E-state index in [9.17, 15) is 14.4 Å². The van der Waals surface area contributed by atoms with Gasteiger partial charge in [-0.25, -0.2) is 9.78 Å². The number of hydrogen-bond acceptors (Lipinski definition) is 4. The lowest BCUT2D eigenvalue weighted by Gasteiger charge is -2.00. The van der Waals surface area contributed by atoms with Crippen LogP contribution < -0.4 is 11.2 Å². The molecular weight excluding hydrogens is 252 g/mol. The molecule has 2 N–H and O–H groups in total. The molecule has 0 aliphatic heterocycles. The number of H-pyrrole nitrogens is 1. The summed E-state index contributed by atoms with van der Waals surface area (Å²) in [5.41, 5.74) is -0.390. The van der Waals surface area contributed by atoms with Gasteiger partial charge in [0.05, 0.1) is 0 Å². The second-order valence-electron chi connectivity index (χ2n) is 4.32. The summed E-state index contributed by atoms with van der Waals surface area (Å²) in [5, 5.41) is 8.60. The smallest absolute Gasteiger partial charge is 0.329 e. The van der Waals surface area contributed by atoms with Crippen LogP contribution >= 0.6 is 0 Å². The zero-order valence-corrected chi connectivity index (χ0v) is 10.6. The molecule has 0 unspecified atom stereocenters. The zero-order valence-electron chi connectivity index (χ0n) is 10.6. The number of aryl methyl sites for hydroxylation is 3. The summed E-state index contributed by atoms with van der Waals surface area (Å²) in [6, 6.07) is 0. The molecule has 0 saturated carbocycles. The fourth-order valence-corrected chi connectivity index (χ4v) is 1.97. The Morgan fingerprint density at radius 3 is 2.63 bits per heavy atom. The molecule has 8 nitrogen and oxygen atoms in total. The first-order chi connectivity index (χ1) is 8.91. The summed E-state index contributed by atoms with van der Waals surface area (Å²) in [6.07, 6.45) is 0.905. The molecule has 8 heteroatoms. The van der Waals surface area contributed by atoms with Crippen LogP contribution in [-0.2, 0) is 25.3 Å². The van der Waals surface area contributed by atoms with Gasteiger partial charge in [0.2, 0.25) is 0 Å². The highest BCUT2D eigenvalue weighted by Crippen LogP contribution is 2.10. The van der Waals surface area contributed by atoms with E-state index in [1.165, 1.54) is 11.6 Å². The molecule has 0 saturated heterocycles. The number of aliphatic carboxylic acids is 1. The number of nitrogens with one attached hydrogen (secondary N) is 1. The highest BCUT2D eigenvalue weighted by atomic mass is 16.4. The van der Waals surface area contributed by atoms with E-state index in [2.05, 4.69) is 9.97 Å². The molecule has 0 aromatic carbocycles. The van der Waals surface area contributed by atoms with E-state index >= 15 is 0 Å². The molecule has 0 spiro atoms. The Labute approximate surface area is 107 Å². The van der Waals surface area contributed by atoms with Gasteiger partial charge in [-0.2, -0.15) is 0 Å². The maximum atomic E-state index is 11.7. The third-order valence-corrected chi connectivity index (χ3v) is 3.02. The van der Waals surface area contributed by atoms with Crippen molar-refractivity contribution < 1.29 is 9.90 Å². The Bertz CT molecular complexity index is 752. The van der Waals surface area contributed by atoms with Gasteiger partial charge < -0.3 is 9.67 Å². The number of aromatic amines is 1. The number of carbonyl (C=O) groups is 1. The second-order valence-corrected chi connectivity index (χ2v) is 4.32. The number of fused-ring (bicyclic) bond motifs is 1. The molecule has 19 heavy (non-hydrogen) atoms. The van der Waals surface area contributed by atoms with E-state index in [1.807, 2.05) is 0 Å². The Balaban J connectivity index is 2.48. The SMILES string of the molecule is Cn1c(CCCC(=O)O)nc2c1c(=O)[nH]c(=O)n2C. The minimum absolute atomic E-state index is 0.0402. The van der Waals surface area contributed by atoms with Gasteiger partial charge in [-0.15, -0.1) is 0 Å². The molecule has 0 amide bonds. The van der Waals surface area contributed by atoms with Crippen LogP contribution in [0, 0.1) is 0 Å². The van der Waals surface area contributed by atoms with Crippen LogP contribution in [0.5, 0.6) is 0 Å². The Hall–Kier alpha value is -2.38. The molecule has 0 atom stereocenters. The summed E-state index contributed by atoms with van der Waals surface area (Å²) >= 11 is 0. The summed E-state index contributed by atoms with van der Waals surface area (Å²) in [7, 11) is 3.19. The number of nitrogens with zero attached hydrogens (tertiary/aromatic N) is 3. The molecule has 102 valence electrons. The topological polar surface area (TPSA) is 110 Å². The number of imidazole rings is 1. The third kappa shape index (κ3) is 2.28. The van der Waals surface area contributed by atoms with Crippen molar-refractivity contribution in [2.45, 2.75) is 19.3 Å². The summed E-state index contributed by atoms with van der Waals surface area (Å²) < 4.78 is 2.85. The van der Waals surface area contributed by atoms with Crippen molar-refractivity contribution in [2.24, 2.45) is 14.1 Å². The Morgan fingerprint density at radius 2 is 2.00 bits per heavy atom. The number of carboxylic acids is 1. The van der Waals surface area contributed by atoms with Gasteiger partial charge in [-0.1, -0.05) is 0 Å². The van der Waals surface area contributed by atoms with Crippen LogP contribution in [0.2, 0.25) is 0 Å². The predicted molar refractivity (Wildman–Crippen MR) is 67.1 cm³/mol. The molecule has 0 aliphatic carbocycles. The maximum Gasteiger partial charge on any atom is 0.329 e. The fraction of sp³-hybridized carbons (Fsp3) is 0.455. The zero-order chi connectivity index (χ0) is 14.2. The van der Waals surface area contributed by atoms with E-state index in [4.69, 9.17) is 5.11 Å². The van der Waals surface area contributed by atoms with Gasteiger partial charge in [0.15, 0.2) is 11.2 Å². The van der Waals surface area contributed by atoms with Crippen LogP contribution in [0.4, 0.5) is 0 Å². The second kappa shape index (κ2) is 4.71. The van der Waals surface area contributed by atoms with Gasteiger partial charge in [0.25, 0.3) is 5.56 Å². The van der Waals surface area contributed by atoms with Crippen LogP contribution in [0.25, 0.3) is 11.2 Å². The molecule has 2 heterocycles. The highest BCUT2D eigenvalue weighted by Gasteiger charge is 2.14. The lowest BCUT2D eigenvalue weighted by atomic mass is 10.2. The number of carboxylic acid groups (broad SMARTS) is 1. The van der Waals surface area contributed by atoms with Crippen molar-refractivity contribution in [3.05, 3.63) is 26.7 Å². The van der Waals surface area contributed by atoms with Crippen molar-refractivity contribution in [3.8, 4) is 0 Å². The fourth-order valence-electron chi connectivity index (χ4n) is 1.97. The molecule has 2 rings (SSSR count). The monoisotopic (exact) mass is 266 g/mol. The van der Waals surface area contributed by atoms with Crippen molar-refractivity contribution in [1.29, 1.82) is 0 Å². The first-order valence-electron chi connectivity index (χ1n) is 5.78. The molecule has 0 aliphatic rings. The van der Waals surface area contributed by atoms with Crippen LogP contribution in [0.3, 0.4) is 0 Å². The van der Waals surface area contributed by atoms with E-state index in [0.29, 0.717) is 29.8 Å². The van der Waals surface area contributed by atoms with Gasteiger partial charge in [0, 0.05) is 26.9 Å². The molecule has 0 radical (unpaired) electrons. The first-order valence-corrected chi connectivity index (χ1v) is 5.78. The van der Waals surface area contributed by atoms with Crippen LogP contribution in [0.15, 0.2) is 9.59 Å². The minimum atomic E-state index is -0.871. The lowest BCUT2D eigenvalue weighted by molar-refractivity contribution is -0.137. The molecule has 2 aromatic heterocycles. The van der Waals surface area contributed by atoms with Gasteiger partial charge in [0.1, 0.15) is 5.82 Å². The minimum Gasteiger partial charge on any atom is -0.481 e. The first kappa shape index (κ1) is 13.1. The van der Waals surface area contributed by atoms with Gasteiger partial charge in [-0.05, 0) is 6.42 Å². The molecule has 2 aromatic rings. The standard InChI is InChI=1S/C11H14N4O4/c1-14-6(4-3-5-7(16)17)12-9-8(14)10(18)13-11(19)15(9)2/h3-5H2,1-2H3,(H,16,17)(H,13,18,19). The summed E-state index contributed by atoms with van der Waals surface area (Å²) in [4.78, 5) is 40.1. The van der Waals surface area contributed by atoms with Gasteiger partial charge >= 0.3 is 11.7 Å². The Morgan fingerprint density at radius 1 is 1.32 bits per heavy atom. The normalized spacial score (nSPS) is 11.1. The average Bonchev–Trinajstić information content (AvgIpc) is 2.64. The van der Waals surface area contributed by atoms with Crippen molar-refractivity contribution >= 4 is 17.1 Å². The van der Waals surface area contributed by atoms with Crippen LogP contribution in [-0.4, -0.2) is 30.2 Å². The van der Waals surface area contributed by atoms with Crippen molar-refractivity contribution in [2.75, 3.05) is 0 Å². The Kier molecular flexibility index (Phi) is 3.24. The molecule has 0 bridgehead atoms. The number of rotatable bonds is 4. The third-order valence-electron chi connectivity index (χ3n) is 3.02. The van der Waals surface area contributed by atoms with Crippen molar-refractivity contribution in [3.63, 3.8) is 0 Å². The molecular formula is C11H14N4O4. The van der Waals surface area contributed by atoms with Gasteiger partial charge in [-0.3, -0.25) is 19.1 Å². The van der Waals surface area contributed by atoms with E-state index in [-0.39, 0.29) is 6.42 Å². The maximum absolute atomic E-state index is 11.7. The van der Waals surface area contributed by atoms with E-state index in [0.717, 1.165) is 0 Å². The molecule has 0 fully saturated rings. The summed E-state index contributed by atoms with van der Waals surface area (Å²) in [5.74, 6) is -0.285. The summed E-state index contributed by atoms with van der Waals surface area (Å²) in [6.45, 7) is 0. The van der Waals surface area contributed by atoms with Crippen molar-refractivity contribution in [1.82, 2.24) is 19.1 Å². The quantitative estimate of drug-likeness (QED) is 0.765. The number of aromatic nitrogens is 4. The highest BCUT2D eigenvalue weighted by molar-refractivity contribution is 5.70. The lowest BCUT2D eigenvalue weighted by Crippen LogP contribution is -2.29. The van der Waals surface area contributed by atoms with E-state index in [1.54, 1.807) is 11.6 Å². The largest absolute Gasteiger partial charge is 0.481 e. The van der Waals surface area contributed by atoms with E-state index < -0.39 is 17.2 Å². The predicted octanol–water partition coefficient (Wildman–Crippen LogP) is -0.632. The number of hydrogen-bond donors (Lipinski definition) is 2. The van der Waals surface area contributed by atoms with Crippen LogP contribution in [0.1, 0.15) is 18.7 Å². The average molecular weight is 266 g/mol.